The molecule has 258 valence electrons. The predicted molar refractivity (Wildman–Crippen MR) is 179 cm³/mol. The summed E-state index contributed by atoms with van der Waals surface area (Å²) in [6.07, 6.45) is 33.2. The van der Waals surface area contributed by atoms with Gasteiger partial charge in [-0.1, -0.05) is 91.9 Å². The third-order valence-corrected chi connectivity index (χ3v) is 11.6. The van der Waals surface area contributed by atoms with E-state index in [2.05, 4.69) is 27.7 Å². The molecule has 0 aliphatic carbocycles. The van der Waals surface area contributed by atoms with Crippen LogP contribution in [0, 0.1) is 11.8 Å². The van der Waals surface area contributed by atoms with Crippen molar-refractivity contribution in [3.05, 3.63) is 0 Å². The third-order valence-electron chi connectivity index (χ3n) is 9.42. The van der Waals surface area contributed by atoms with Gasteiger partial charge in [-0.2, -0.15) is 0 Å². The van der Waals surface area contributed by atoms with Gasteiger partial charge in [-0.15, -0.1) is 0 Å². The summed E-state index contributed by atoms with van der Waals surface area (Å²) < 4.78 is 22.8. The van der Waals surface area contributed by atoms with Gasteiger partial charge in [-0.25, -0.2) is 0 Å². The summed E-state index contributed by atoms with van der Waals surface area (Å²) in [6, 6.07) is 0. The molecule has 0 bridgehead atoms. The van der Waals surface area contributed by atoms with Crippen LogP contribution in [-0.2, 0) is 40.7 Å². The second kappa shape index (κ2) is 28.0. The van der Waals surface area contributed by atoms with Gasteiger partial charge in [0.15, 0.2) is 0 Å². The first-order valence-electron chi connectivity index (χ1n) is 19.2. The molecule has 1 heterocycles. The van der Waals surface area contributed by atoms with E-state index in [1.54, 1.807) is 0 Å². The van der Waals surface area contributed by atoms with Gasteiger partial charge in [0, 0.05) is 0 Å². The molecule has 1 rings (SSSR count). The molecule has 0 radical (unpaired) electrons. The zero-order chi connectivity index (χ0) is 32.3. The summed E-state index contributed by atoms with van der Waals surface area (Å²) in [5.41, 5.74) is -1.57. The Balaban J connectivity index is 2.07. The van der Waals surface area contributed by atoms with E-state index in [1.165, 1.54) is 128 Å². The Morgan fingerprint density at radius 2 is 0.773 bits per heavy atom. The molecule has 0 unspecified atom stereocenters. The van der Waals surface area contributed by atoms with Crippen molar-refractivity contribution >= 4 is 11.6 Å². The second-order valence-electron chi connectivity index (χ2n) is 14.7. The van der Waals surface area contributed by atoms with E-state index < -0.39 is 28.2 Å². The fourth-order valence-electron chi connectivity index (χ4n) is 6.41. The number of unbranched alkanes of at least 4 members (excludes halogenated alkanes) is 22. The molecule has 0 aromatic heterocycles. The molecule has 0 saturated carbocycles. The topological polar surface area (TPSA) is 69.7 Å². The fourth-order valence-corrected chi connectivity index (χ4v) is 8.75. The van der Waals surface area contributed by atoms with Gasteiger partial charge >= 0.3 is 180 Å². The standard InChI is InChI=1S/C38H72O4.O.Zr/c1-34(2)29-25-21-17-13-9-5-7-11-15-19-23-27-31-36(40)38(42,33-39)37(41)32-28-24-20-16-12-8-6-10-14-18-22-26-30-35(3)4;;/h34-35H,5-33H2,1-4H3;;/q-2;;+2. The molecular weight excluding hydrogens is 628 g/mol. The Hall–Kier alpha value is -0.0569. The number of Topliss-reactive ketones (excluding diaryl/α,β-unsaturated/α-hetero) is 2. The van der Waals surface area contributed by atoms with Crippen LogP contribution >= 0.6 is 0 Å². The fraction of sp³-hybridized carbons (Fsp3) is 0.947. The maximum absolute atomic E-state index is 13.1. The molecule has 0 atom stereocenters. The Morgan fingerprint density at radius 1 is 0.500 bits per heavy atom. The number of rotatable bonds is 32. The zero-order valence-corrected chi connectivity index (χ0v) is 32.2. The number of carbonyl (C=O) groups is 2. The quantitative estimate of drug-likeness (QED) is 0.0516. The first-order valence-corrected chi connectivity index (χ1v) is 22.2. The molecule has 1 saturated heterocycles. The van der Waals surface area contributed by atoms with Gasteiger partial charge < -0.3 is 0 Å². The number of hydrogen-bond donors (Lipinski definition) is 0. The molecule has 0 spiro atoms. The Labute approximate surface area is 282 Å². The van der Waals surface area contributed by atoms with Crippen LogP contribution in [-0.4, -0.2) is 23.8 Å². The van der Waals surface area contributed by atoms with Crippen molar-refractivity contribution in [2.45, 2.75) is 213 Å². The van der Waals surface area contributed by atoms with Gasteiger partial charge in [-0.05, 0) is 11.8 Å². The Bertz CT molecular complexity index is 687. The van der Waals surface area contributed by atoms with Crippen LogP contribution in [0.1, 0.15) is 207 Å². The van der Waals surface area contributed by atoms with E-state index in [-0.39, 0.29) is 18.2 Å². The van der Waals surface area contributed by atoms with E-state index in [0.29, 0.717) is 12.8 Å². The normalized spacial score (nSPS) is 14.7. The monoisotopic (exact) mass is 698 g/mol. The van der Waals surface area contributed by atoms with Crippen LogP contribution in [0.15, 0.2) is 0 Å². The van der Waals surface area contributed by atoms with E-state index in [9.17, 15) is 12.4 Å². The minimum atomic E-state index is -3.72. The molecule has 0 N–H and O–H groups in total. The van der Waals surface area contributed by atoms with Crippen molar-refractivity contribution in [2.75, 3.05) is 6.61 Å². The van der Waals surface area contributed by atoms with E-state index in [0.717, 1.165) is 50.4 Å². The zero-order valence-electron chi connectivity index (χ0n) is 29.7. The van der Waals surface area contributed by atoms with Crippen molar-refractivity contribution in [1.82, 2.24) is 0 Å². The first-order chi connectivity index (χ1) is 21.3. The third kappa shape index (κ3) is 21.7. The van der Waals surface area contributed by atoms with Crippen molar-refractivity contribution in [3.8, 4) is 0 Å². The molecule has 5 nitrogen and oxygen atoms in total. The minimum absolute atomic E-state index is 0.127. The molecule has 1 aliphatic rings. The van der Waals surface area contributed by atoms with Gasteiger partial charge in [0.25, 0.3) is 0 Å². The molecular formula is C38H72O5Zr. The van der Waals surface area contributed by atoms with Crippen LogP contribution in [0.2, 0.25) is 0 Å². The van der Waals surface area contributed by atoms with Crippen LogP contribution in [0.4, 0.5) is 0 Å². The number of hydrogen-bond acceptors (Lipinski definition) is 5. The molecule has 6 heteroatoms. The number of carbonyl (C=O) groups excluding carboxylic acids is 2. The summed E-state index contributed by atoms with van der Waals surface area (Å²) in [5, 5.41) is 0. The molecule has 0 aromatic rings. The van der Waals surface area contributed by atoms with E-state index in [1.807, 2.05) is 0 Å². The molecule has 44 heavy (non-hydrogen) atoms. The van der Waals surface area contributed by atoms with Crippen molar-refractivity contribution in [1.29, 1.82) is 0 Å². The van der Waals surface area contributed by atoms with Gasteiger partial charge in [0.05, 0.1) is 0 Å². The van der Waals surface area contributed by atoms with Crippen LogP contribution < -0.4 is 0 Å². The van der Waals surface area contributed by atoms with Crippen molar-refractivity contribution < 1.29 is 40.7 Å². The Morgan fingerprint density at radius 3 is 1.02 bits per heavy atom. The van der Waals surface area contributed by atoms with Gasteiger partial charge in [-0.3, -0.25) is 0 Å². The number of ketones is 2. The average molecular weight is 700 g/mol. The molecule has 0 amide bonds. The summed E-state index contributed by atoms with van der Waals surface area (Å²) >= 11 is -3.72. The Kier molecular flexibility index (Phi) is 26.7. The SMILES string of the molecule is CC(C)CCCCCCCCCCCCCCC(=O)C1(C(=O)CCCCCCCCCCCCCCC(C)C)C[O][Zr](=[O])[O]1. The van der Waals surface area contributed by atoms with Crippen LogP contribution in [0.3, 0.4) is 0 Å². The second-order valence-corrected chi connectivity index (χ2v) is 17.1. The van der Waals surface area contributed by atoms with Gasteiger partial charge in [0.2, 0.25) is 0 Å². The van der Waals surface area contributed by atoms with Crippen LogP contribution in [0.25, 0.3) is 0 Å². The molecule has 0 aromatic carbocycles. The van der Waals surface area contributed by atoms with E-state index >= 15 is 0 Å². The van der Waals surface area contributed by atoms with Crippen LogP contribution in [0.5, 0.6) is 0 Å². The molecule has 1 aliphatic heterocycles. The van der Waals surface area contributed by atoms with Crippen molar-refractivity contribution in [2.24, 2.45) is 11.8 Å². The molecule has 1 fully saturated rings. The maximum atomic E-state index is 13.1. The van der Waals surface area contributed by atoms with Crippen molar-refractivity contribution in [3.63, 3.8) is 0 Å². The summed E-state index contributed by atoms with van der Waals surface area (Å²) in [4.78, 5) is 26.2. The first kappa shape index (κ1) is 42.0. The van der Waals surface area contributed by atoms with E-state index in [4.69, 9.17) is 5.63 Å². The predicted octanol–water partition coefficient (Wildman–Crippen LogP) is 11.9. The summed E-state index contributed by atoms with van der Waals surface area (Å²) in [6.45, 7) is 9.10. The summed E-state index contributed by atoms with van der Waals surface area (Å²) in [7, 11) is 0. The van der Waals surface area contributed by atoms with Gasteiger partial charge in [0.1, 0.15) is 0 Å². The summed E-state index contributed by atoms with van der Waals surface area (Å²) in [5.74, 6) is 1.26. The average Bonchev–Trinajstić information content (AvgIpc) is 3.39.